The Labute approximate surface area is 126 Å². The number of aryl methyl sites for hydroxylation is 1. The van der Waals surface area contributed by atoms with Crippen LogP contribution in [0.2, 0.25) is 0 Å². The molecule has 2 aromatic carbocycles. The Morgan fingerprint density at radius 3 is 2.48 bits per heavy atom. The van der Waals surface area contributed by atoms with E-state index in [1.807, 2.05) is 0 Å². The monoisotopic (exact) mass is 304 g/mol. The Morgan fingerprint density at radius 1 is 1.24 bits per heavy atom. The molecule has 6 heteroatoms. The lowest BCUT2D eigenvalue weighted by Gasteiger charge is -2.07. The van der Waals surface area contributed by atoms with E-state index < -0.39 is 10.8 Å². The summed E-state index contributed by atoms with van der Waals surface area (Å²) in [7, 11) is 0. The minimum Gasteiger partial charge on any atom is -0.322 e. The summed E-state index contributed by atoms with van der Waals surface area (Å²) in [6.07, 6.45) is 0. The number of hydrogen-bond acceptors (Lipinski definition) is 3. The van der Waals surface area contributed by atoms with Crippen molar-refractivity contribution < 1.29 is 9.72 Å². The molecule has 0 aliphatic rings. The Balaban J connectivity index is 2.27. The van der Waals surface area contributed by atoms with Gasteiger partial charge < -0.3 is 5.32 Å². The number of alkyl halides is 1. The van der Waals surface area contributed by atoms with Gasteiger partial charge in [0.15, 0.2) is 0 Å². The zero-order chi connectivity index (χ0) is 15.4. The molecular weight excluding hydrogens is 292 g/mol. The third-order valence-corrected chi connectivity index (χ3v) is 3.27. The average Bonchev–Trinajstić information content (AvgIpc) is 2.47. The van der Waals surface area contributed by atoms with E-state index in [0.29, 0.717) is 11.6 Å². The lowest BCUT2D eigenvalue weighted by Crippen LogP contribution is -2.14. The summed E-state index contributed by atoms with van der Waals surface area (Å²) < 4.78 is 0. The number of hydrogen-bond donors (Lipinski definition) is 1. The van der Waals surface area contributed by atoms with Crippen molar-refractivity contribution >= 4 is 28.9 Å². The molecule has 0 radical (unpaired) electrons. The van der Waals surface area contributed by atoms with Crippen LogP contribution in [-0.2, 0) is 5.88 Å². The zero-order valence-corrected chi connectivity index (χ0v) is 12.1. The first-order valence-corrected chi connectivity index (χ1v) is 6.76. The van der Waals surface area contributed by atoms with E-state index in [2.05, 4.69) is 5.32 Å². The Morgan fingerprint density at radius 2 is 1.90 bits per heavy atom. The summed E-state index contributed by atoms with van der Waals surface area (Å²) in [6.45, 7) is 1.77. The van der Waals surface area contributed by atoms with Gasteiger partial charge in [-0.1, -0.05) is 18.2 Å². The minimum absolute atomic E-state index is 0.0430. The van der Waals surface area contributed by atoms with Gasteiger partial charge in [0.05, 0.1) is 4.92 Å². The maximum absolute atomic E-state index is 12.2. The van der Waals surface area contributed by atoms with Crippen LogP contribution < -0.4 is 5.32 Å². The lowest BCUT2D eigenvalue weighted by molar-refractivity contribution is -0.385. The number of carbonyl (C=O) groups excluding carboxylic acids is 1. The number of halogens is 1. The van der Waals surface area contributed by atoms with Crippen molar-refractivity contribution in [1.29, 1.82) is 0 Å². The molecule has 21 heavy (non-hydrogen) atoms. The average molecular weight is 305 g/mol. The maximum Gasteiger partial charge on any atom is 0.282 e. The number of nitrogens with zero attached hydrogens (tertiary/aromatic N) is 1. The second-order valence-electron chi connectivity index (χ2n) is 4.56. The molecular formula is C15H13ClN2O3. The van der Waals surface area contributed by atoms with Gasteiger partial charge in [0.25, 0.3) is 11.6 Å². The van der Waals surface area contributed by atoms with Gasteiger partial charge in [-0.3, -0.25) is 14.9 Å². The molecule has 0 aliphatic carbocycles. The second-order valence-corrected chi connectivity index (χ2v) is 4.83. The van der Waals surface area contributed by atoms with Gasteiger partial charge in [0.1, 0.15) is 5.56 Å². The zero-order valence-electron chi connectivity index (χ0n) is 11.3. The molecule has 5 nitrogen and oxygen atoms in total. The Kier molecular flexibility index (Phi) is 4.55. The third kappa shape index (κ3) is 3.58. The van der Waals surface area contributed by atoms with Gasteiger partial charge >= 0.3 is 0 Å². The van der Waals surface area contributed by atoms with E-state index in [0.717, 1.165) is 11.1 Å². The van der Waals surface area contributed by atoms with Gasteiger partial charge in [-0.15, -0.1) is 11.6 Å². The highest BCUT2D eigenvalue weighted by molar-refractivity contribution is 6.17. The summed E-state index contributed by atoms with van der Waals surface area (Å²) in [5, 5.41) is 13.6. The predicted molar refractivity (Wildman–Crippen MR) is 81.8 cm³/mol. The molecule has 0 saturated heterocycles. The predicted octanol–water partition coefficient (Wildman–Crippen LogP) is 3.89. The minimum atomic E-state index is -0.565. The Hall–Kier alpha value is -2.40. The van der Waals surface area contributed by atoms with Crippen molar-refractivity contribution in [3.63, 3.8) is 0 Å². The van der Waals surface area contributed by atoms with Crippen LogP contribution in [-0.4, -0.2) is 10.8 Å². The van der Waals surface area contributed by atoms with Crippen LogP contribution in [0.5, 0.6) is 0 Å². The standard InChI is InChI=1S/C15H13ClN2O3/c1-10-2-7-14(18(20)21)13(8-10)15(19)17-12-5-3-11(9-16)4-6-12/h2-8H,9H2,1H3,(H,17,19). The molecule has 2 rings (SSSR count). The molecule has 0 aliphatic heterocycles. The second kappa shape index (κ2) is 6.37. The summed E-state index contributed by atoms with van der Waals surface area (Å²) in [4.78, 5) is 22.6. The van der Waals surface area contributed by atoms with Gasteiger partial charge in [-0.2, -0.15) is 0 Å². The smallest absolute Gasteiger partial charge is 0.282 e. The highest BCUT2D eigenvalue weighted by atomic mass is 35.5. The summed E-state index contributed by atoms with van der Waals surface area (Å²) in [5.74, 6) is -0.124. The topological polar surface area (TPSA) is 72.2 Å². The van der Waals surface area contributed by atoms with E-state index >= 15 is 0 Å². The van der Waals surface area contributed by atoms with Crippen molar-refractivity contribution in [1.82, 2.24) is 0 Å². The van der Waals surface area contributed by atoms with Crippen molar-refractivity contribution in [3.05, 3.63) is 69.3 Å². The van der Waals surface area contributed by atoms with Gasteiger partial charge in [-0.25, -0.2) is 0 Å². The van der Waals surface area contributed by atoms with Gasteiger partial charge in [-0.05, 0) is 36.2 Å². The lowest BCUT2D eigenvalue weighted by atomic mass is 10.1. The van der Waals surface area contributed by atoms with Crippen molar-refractivity contribution in [2.45, 2.75) is 12.8 Å². The highest BCUT2D eigenvalue weighted by Crippen LogP contribution is 2.21. The van der Waals surface area contributed by atoms with Crippen LogP contribution >= 0.6 is 11.6 Å². The van der Waals surface area contributed by atoms with Crippen LogP contribution in [0.15, 0.2) is 42.5 Å². The van der Waals surface area contributed by atoms with Crippen LogP contribution in [0.3, 0.4) is 0 Å². The van der Waals surface area contributed by atoms with E-state index in [9.17, 15) is 14.9 Å². The molecule has 2 aromatic rings. The van der Waals surface area contributed by atoms with Crippen molar-refractivity contribution in [3.8, 4) is 0 Å². The molecule has 0 bridgehead atoms. The molecule has 0 unspecified atom stereocenters. The number of nitro benzene ring substituents is 1. The number of amides is 1. The normalized spacial score (nSPS) is 10.2. The fourth-order valence-electron chi connectivity index (χ4n) is 1.87. The number of anilines is 1. The maximum atomic E-state index is 12.2. The fourth-order valence-corrected chi connectivity index (χ4v) is 2.04. The van der Waals surface area contributed by atoms with E-state index in [1.165, 1.54) is 12.1 Å². The third-order valence-electron chi connectivity index (χ3n) is 2.96. The summed E-state index contributed by atoms with van der Waals surface area (Å²) in [6, 6.07) is 11.4. The largest absolute Gasteiger partial charge is 0.322 e. The number of nitrogens with one attached hydrogen (secondary N) is 1. The Bertz CT molecular complexity index is 684. The quantitative estimate of drug-likeness (QED) is 0.529. The molecule has 0 aromatic heterocycles. The number of rotatable bonds is 4. The first-order chi connectivity index (χ1) is 10.0. The van der Waals surface area contributed by atoms with E-state index in [-0.39, 0.29) is 11.3 Å². The van der Waals surface area contributed by atoms with Crippen LogP contribution in [0.1, 0.15) is 21.5 Å². The fraction of sp³-hybridized carbons (Fsp3) is 0.133. The first kappa shape index (κ1) is 15.0. The molecule has 0 saturated carbocycles. The van der Waals surface area contributed by atoms with Crippen LogP contribution in [0.25, 0.3) is 0 Å². The van der Waals surface area contributed by atoms with Crippen LogP contribution in [0.4, 0.5) is 11.4 Å². The molecule has 0 spiro atoms. The van der Waals surface area contributed by atoms with E-state index in [4.69, 9.17) is 11.6 Å². The van der Waals surface area contributed by atoms with Gasteiger partial charge in [0, 0.05) is 17.6 Å². The SMILES string of the molecule is Cc1ccc([N+](=O)[O-])c(C(=O)Nc2ccc(CCl)cc2)c1. The number of nitro groups is 1. The summed E-state index contributed by atoms with van der Waals surface area (Å²) in [5.41, 5.74) is 2.10. The van der Waals surface area contributed by atoms with Crippen molar-refractivity contribution in [2.24, 2.45) is 0 Å². The highest BCUT2D eigenvalue weighted by Gasteiger charge is 2.20. The number of carbonyl (C=O) groups is 1. The van der Waals surface area contributed by atoms with Crippen LogP contribution in [0, 0.1) is 17.0 Å². The molecule has 0 fully saturated rings. The molecule has 0 atom stereocenters. The molecule has 1 amide bonds. The van der Waals surface area contributed by atoms with E-state index in [1.54, 1.807) is 37.3 Å². The molecule has 108 valence electrons. The van der Waals surface area contributed by atoms with Crippen molar-refractivity contribution in [2.75, 3.05) is 5.32 Å². The molecule has 0 heterocycles. The summed E-state index contributed by atoms with van der Waals surface area (Å²) >= 11 is 5.69. The van der Waals surface area contributed by atoms with Gasteiger partial charge in [0.2, 0.25) is 0 Å². The number of benzene rings is 2. The molecule has 1 N–H and O–H groups in total. The first-order valence-electron chi connectivity index (χ1n) is 6.22.